The molecule has 16 heavy (non-hydrogen) atoms. The molecule has 0 saturated carbocycles. The Morgan fingerprint density at radius 3 is 2.75 bits per heavy atom. The van der Waals surface area contributed by atoms with E-state index in [2.05, 4.69) is 26.1 Å². The average Bonchev–Trinajstić information content (AvgIpc) is 2.76. The lowest BCUT2D eigenvalue weighted by Crippen LogP contribution is -2.40. The highest BCUT2D eigenvalue weighted by molar-refractivity contribution is 4.80. The first-order valence-corrected chi connectivity index (χ1v) is 6.67. The van der Waals surface area contributed by atoms with E-state index in [0.29, 0.717) is 12.0 Å². The molecule has 1 aliphatic rings. The second-order valence-corrected chi connectivity index (χ2v) is 5.37. The molecule has 0 aromatic carbocycles. The van der Waals surface area contributed by atoms with Gasteiger partial charge in [0.1, 0.15) is 0 Å². The van der Waals surface area contributed by atoms with E-state index in [1.54, 1.807) is 0 Å². The van der Waals surface area contributed by atoms with Crippen molar-refractivity contribution in [3.63, 3.8) is 0 Å². The summed E-state index contributed by atoms with van der Waals surface area (Å²) in [6, 6.07) is 0. The molecule has 0 aliphatic carbocycles. The molecule has 0 bridgehead atoms. The fourth-order valence-corrected chi connectivity index (χ4v) is 2.28. The SMILES string of the molecule is CCC1OCCC1CNCC(C)(CC)CN. The largest absolute Gasteiger partial charge is 0.378 e. The van der Waals surface area contributed by atoms with Gasteiger partial charge in [0, 0.05) is 19.7 Å². The molecule has 1 heterocycles. The van der Waals surface area contributed by atoms with Gasteiger partial charge in [-0.15, -0.1) is 0 Å². The van der Waals surface area contributed by atoms with Crippen molar-refractivity contribution in [1.82, 2.24) is 5.32 Å². The lowest BCUT2D eigenvalue weighted by molar-refractivity contribution is 0.0865. The monoisotopic (exact) mass is 228 g/mol. The Bertz CT molecular complexity index is 192. The summed E-state index contributed by atoms with van der Waals surface area (Å²) in [4.78, 5) is 0. The molecule has 3 atom stereocenters. The highest BCUT2D eigenvalue weighted by Gasteiger charge is 2.27. The molecule has 3 unspecified atom stereocenters. The zero-order valence-electron chi connectivity index (χ0n) is 11.1. The first kappa shape index (κ1) is 13.9. The zero-order valence-corrected chi connectivity index (χ0v) is 11.1. The summed E-state index contributed by atoms with van der Waals surface area (Å²) < 4.78 is 5.69. The van der Waals surface area contributed by atoms with Crippen molar-refractivity contribution in [3.8, 4) is 0 Å². The van der Waals surface area contributed by atoms with Gasteiger partial charge in [0.2, 0.25) is 0 Å². The van der Waals surface area contributed by atoms with Gasteiger partial charge in [0.15, 0.2) is 0 Å². The number of rotatable bonds is 7. The molecule has 0 amide bonds. The minimum absolute atomic E-state index is 0.251. The van der Waals surface area contributed by atoms with Gasteiger partial charge in [0.25, 0.3) is 0 Å². The third-order valence-corrected chi connectivity index (χ3v) is 4.05. The standard InChI is InChI=1S/C13H28N2O/c1-4-12-11(6-7-16-12)8-15-10-13(3,5-2)9-14/h11-12,15H,4-10,14H2,1-3H3. The topological polar surface area (TPSA) is 47.3 Å². The Morgan fingerprint density at radius 2 is 2.19 bits per heavy atom. The van der Waals surface area contributed by atoms with Crippen LogP contribution in [0.1, 0.15) is 40.0 Å². The van der Waals surface area contributed by atoms with Crippen molar-refractivity contribution < 1.29 is 4.74 Å². The van der Waals surface area contributed by atoms with Crippen molar-refractivity contribution in [2.75, 3.05) is 26.2 Å². The molecule has 1 rings (SSSR count). The van der Waals surface area contributed by atoms with Crippen LogP contribution in [0.25, 0.3) is 0 Å². The zero-order chi connectivity index (χ0) is 12.0. The summed E-state index contributed by atoms with van der Waals surface area (Å²) in [5.41, 5.74) is 6.05. The van der Waals surface area contributed by atoms with Crippen LogP contribution in [0.15, 0.2) is 0 Å². The second-order valence-electron chi connectivity index (χ2n) is 5.37. The lowest BCUT2D eigenvalue weighted by atomic mass is 9.87. The fourth-order valence-electron chi connectivity index (χ4n) is 2.28. The van der Waals surface area contributed by atoms with Crippen LogP contribution < -0.4 is 11.1 Å². The Morgan fingerprint density at radius 1 is 1.44 bits per heavy atom. The Balaban J connectivity index is 2.24. The number of nitrogens with one attached hydrogen (secondary N) is 1. The van der Waals surface area contributed by atoms with E-state index in [0.717, 1.165) is 39.1 Å². The van der Waals surface area contributed by atoms with Crippen LogP contribution in [-0.4, -0.2) is 32.3 Å². The van der Waals surface area contributed by atoms with Gasteiger partial charge in [-0.25, -0.2) is 0 Å². The summed E-state index contributed by atoms with van der Waals surface area (Å²) in [5.74, 6) is 0.698. The highest BCUT2D eigenvalue weighted by Crippen LogP contribution is 2.23. The number of ether oxygens (including phenoxy) is 1. The lowest BCUT2D eigenvalue weighted by Gasteiger charge is -2.28. The second kappa shape index (κ2) is 6.58. The summed E-state index contributed by atoms with van der Waals surface area (Å²) in [6.07, 6.45) is 3.94. The third kappa shape index (κ3) is 3.72. The molecule has 1 fully saturated rings. The Labute approximate surface area is 100 Å². The third-order valence-electron chi connectivity index (χ3n) is 4.05. The van der Waals surface area contributed by atoms with Gasteiger partial charge in [0.05, 0.1) is 6.10 Å². The molecule has 3 nitrogen and oxygen atoms in total. The molecule has 0 aromatic rings. The molecule has 3 heteroatoms. The summed E-state index contributed by atoms with van der Waals surface area (Å²) >= 11 is 0. The van der Waals surface area contributed by atoms with Gasteiger partial charge in [-0.2, -0.15) is 0 Å². The normalized spacial score (nSPS) is 29.2. The molecule has 0 aromatic heterocycles. The van der Waals surface area contributed by atoms with Gasteiger partial charge in [-0.05, 0) is 37.1 Å². The van der Waals surface area contributed by atoms with E-state index in [-0.39, 0.29) is 5.41 Å². The van der Waals surface area contributed by atoms with Crippen molar-refractivity contribution in [1.29, 1.82) is 0 Å². The summed E-state index contributed by atoms with van der Waals surface area (Å²) in [5, 5.41) is 3.57. The number of hydrogen-bond acceptors (Lipinski definition) is 3. The van der Waals surface area contributed by atoms with Crippen LogP contribution >= 0.6 is 0 Å². The van der Waals surface area contributed by atoms with Crippen molar-refractivity contribution in [2.24, 2.45) is 17.1 Å². The first-order chi connectivity index (χ1) is 7.65. The predicted octanol–water partition coefficient (Wildman–Crippen LogP) is 1.77. The predicted molar refractivity (Wildman–Crippen MR) is 68.5 cm³/mol. The Kier molecular flexibility index (Phi) is 5.73. The Hall–Kier alpha value is -0.120. The van der Waals surface area contributed by atoms with E-state index >= 15 is 0 Å². The fraction of sp³-hybridized carbons (Fsp3) is 1.00. The van der Waals surface area contributed by atoms with Crippen LogP contribution in [0.2, 0.25) is 0 Å². The quantitative estimate of drug-likeness (QED) is 0.698. The van der Waals surface area contributed by atoms with E-state index < -0.39 is 0 Å². The van der Waals surface area contributed by atoms with Gasteiger partial charge in [-0.1, -0.05) is 20.8 Å². The molecular weight excluding hydrogens is 200 g/mol. The van der Waals surface area contributed by atoms with E-state index in [1.165, 1.54) is 6.42 Å². The summed E-state index contributed by atoms with van der Waals surface area (Å²) in [6.45, 7) is 10.5. The van der Waals surface area contributed by atoms with E-state index in [4.69, 9.17) is 10.5 Å². The molecule has 3 N–H and O–H groups in total. The van der Waals surface area contributed by atoms with Gasteiger partial charge in [-0.3, -0.25) is 0 Å². The van der Waals surface area contributed by atoms with Crippen molar-refractivity contribution in [2.45, 2.75) is 46.1 Å². The molecule has 1 aliphatic heterocycles. The van der Waals surface area contributed by atoms with Gasteiger partial charge >= 0.3 is 0 Å². The van der Waals surface area contributed by atoms with Crippen molar-refractivity contribution in [3.05, 3.63) is 0 Å². The average molecular weight is 228 g/mol. The van der Waals surface area contributed by atoms with Gasteiger partial charge < -0.3 is 15.8 Å². The maximum Gasteiger partial charge on any atom is 0.0613 e. The summed E-state index contributed by atoms with van der Waals surface area (Å²) in [7, 11) is 0. The maximum atomic E-state index is 5.80. The molecule has 0 radical (unpaired) electrons. The van der Waals surface area contributed by atoms with E-state index in [1.807, 2.05) is 0 Å². The van der Waals surface area contributed by atoms with Crippen LogP contribution in [0, 0.1) is 11.3 Å². The van der Waals surface area contributed by atoms with E-state index in [9.17, 15) is 0 Å². The first-order valence-electron chi connectivity index (χ1n) is 6.67. The molecular formula is C13H28N2O. The maximum absolute atomic E-state index is 5.80. The number of nitrogens with two attached hydrogens (primary N) is 1. The van der Waals surface area contributed by atoms with Crippen LogP contribution in [0.5, 0.6) is 0 Å². The minimum Gasteiger partial charge on any atom is -0.378 e. The number of hydrogen-bond donors (Lipinski definition) is 2. The van der Waals surface area contributed by atoms with Crippen molar-refractivity contribution >= 4 is 0 Å². The van der Waals surface area contributed by atoms with Crippen LogP contribution in [0.4, 0.5) is 0 Å². The highest BCUT2D eigenvalue weighted by atomic mass is 16.5. The molecule has 1 saturated heterocycles. The smallest absolute Gasteiger partial charge is 0.0613 e. The molecule has 0 spiro atoms. The van der Waals surface area contributed by atoms with Crippen LogP contribution in [-0.2, 0) is 4.74 Å². The van der Waals surface area contributed by atoms with Crippen LogP contribution in [0.3, 0.4) is 0 Å². The minimum atomic E-state index is 0.251. The molecule has 96 valence electrons.